The van der Waals surface area contributed by atoms with Crippen molar-refractivity contribution in [3.8, 4) is 22.4 Å². The fourth-order valence-corrected chi connectivity index (χ4v) is 7.49. The summed E-state index contributed by atoms with van der Waals surface area (Å²) in [6.07, 6.45) is 3.56. The Balaban J connectivity index is 0.958. The number of nitrogens with zero attached hydrogens (tertiary/aromatic N) is 7. The Kier molecular flexibility index (Phi) is 13.9. The van der Waals surface area contributed by atoms with Crippen LogP contribution in [0, 0.1) is 24.5 Å². The molecule has 2 fully saturated rings. The van der Waals surface area contributed by atoms with Crippen LogP contribution < -0.4 is 10.6 Å². The topological polar surface area (TPSA) is 156 Å². The second-order valence-electron chi connectivity index (χ2n) is 16.1. The summed E-state index contributed by atoms with van der Waals surface area (Å²) in [5, 5.41) is 10.5. The first-order valence-electron chi connectivity index (χ1n) is 19.9. The summed E-state index contributed by atoms with van der Waals surface area (Å²) in [5.41, 5.74) is 1.31. The number of aromatic nitrogens is 4. The van der Waals surface area contributed by atoms with Crippen molar-refractivity contribution in [2.75, 3.05) is 71.4 Å². The van der Waals surface area contributed by atoms with Gasteiger partial charge in [-0.3, -0.25) is 19.1 Å². The van der Waals surface area contributed by atoms with Crippen LogP contribution in [-0.2, 0) is 27.9 Å². The molecule has 0 atom stereocenters. The maximum Gasteiger partial charge on any atom is 0.410 e. The number of carbonyl (C=O) groups is 4. The largest absolute Gasteiger partial charge is 0.444 e. The van der Waals surface area contributed by atoms with Gasteiger partial charge in [-0.2, -0.15) is 5.10 Å². The van der Waals surface area contributed by atoms with Crippen molar-refractivity contribution in [2.45, 2.75) is 52.7 Å². The third kappa shape index (κ3) is 10.1. The minimum Gasteiger partial charge on any atom is -0.444 e. The third-order valence-electron chi connectivity index (χ3n) is 10.6. The number of methoxy groups -OCH3 is 1. The van der Waals surface area contributed by atoms with Crippen molar-refractivity contribution in [1.29, 1.82) is 0 Å². The molecule has 0 bridgehead atoms. The van der Waals surface area contributed by atoms with E-state index in [1.54, 1.807) is 39.5 Å². The van der Waals surface area contributed by atoms with Gasteiger partial charge in [-0.1, -0.05) is 17.7 Å². The Morgan fingerprint density at radius 2 is 1.62 bits per heavy atom. The molecule has 4 heterocycles. The summed E-state index contributed by atoms with van der Waals surface area (Å²) in [6, 6.07) is 7.44. The van der Waals surface area contributed by atoms with Crippen molar-refractivity contribution in [3.05, 3.63) is 76.5 Å². The summed E-state index contributed by atoms with van der Waals surface area (Å²) >= 11 is 6.55. The first-order valence-corrected chi connectivity index (χ1v) is 20.3. The second kappa shape index (κ2) is 18.9. The van der Waals surface area contributed by atoms with E-state index < -0.39 is 23.1 Å². The number of amides is 4. The summed E-state index contributed by atoms with van der Waals surface area (Å²) in [5.74, 6) is -2.73. The van der Waals surface area contributed by atoms with E-state index in [-0.39, 0.29) is 51.1 Å². The fourth-order valence-electron chi connectivity index (χ4n) is 7.23. The number of nitrogens with one attached hydrogen (secondary N) is 2. The lowest BCUT2D eigenvalue weighted by Crippen LogP contribution is -2.54. The van der Waals surface area contributed by atoms with E-state index >= 15 is 8.78 Å². The lowest BCUT2D eigenvalue weighted by molar-refractivity contribution is -0.132. The number of halogens is 3. The Labute approximate surface area is 352 Å². The molecular formula is C42H52ClF2N9O6. The third-order valence-corrected chi connectivity index (χ3v) is 10.9. The van der Waals surface area contributed by atoms with Crippen molar-refractivity contribution < 1.29 is 37.4 Å². The molecule has 322 valence electrons. The van der Waals surface area contributed by atoms with E-state index in [9.17, 15) is 19.2 Å². The van der Waals surface area contributed by atoms with Crippen molar-refractivity contribution in [3.63, 3.8) is 0 Å². The molecule has 2 aromatic carbocycles. The summed E-state index contributed by atoms with van der Waals surface area (Å²) in [6.45, 7) is 12.4. The molecule has 4 aromatic rings. The van der Waals surface area contributed by atoms with Crippen LogP contribution in [0.5, 0.6) is 0 Å². The number of imidazole rings is 1. The average molecular weight is 852 g/mol. The maximum absolute atomic E-state index is 15.6. The van der Waals surface area contributed by atoms with E-state index in [4.69, 9.17) is 21.1 Å². The van der Waals surface area contributed by atoms with Gasteiger partial charge in [0.2, 0.25) is 5.91 Å². The van der Waals surface area contributed by atoms with Crippen LogP contribution in [0.1, 0.15) is 60.3 Å². The molecule has 0 unspecified atom stereocenters. The Bertz CT molecular complexity index is 2220. The Hall–Kier alpha value is -5.39. The minimum atomic E-state index is -1.09. The van der Waals surface area contributed by atoms with E-state index in [0.717, 1.165) is 6.54 Å². The maximum atomic E-state index is 15.6. The van der Waals surface area contributed by atoms with Gasteiger partial charge in [0.05, 0.1) is 41.8 Å². The van der Waals surface area contributed by atoms with Crippen LogP contribution >= 0.6 is 11.6 Å². The molecule has 2 N–H and O–H groups in total. The molecule has 4 amide bonds. The van der Waals surface area contributed by atoms with Crippen molar-refractivity contribution in [1.82, 2.24) is 39.3 Å². The first-order chi connectivity index (χ1) is 28.6. The predicted molar refractivity (Wildman–Crippen MR) is 222 cm³/mol. The standard InChI is InChI=1S/C42H52ClF2N9O6/c1-26-32(22-48-54(26)18-19-59-6)29-11-12-31(37(45)36(29)44)34-23-47-38(50(34)5)39(56)49-28-9-10-30(33(43)20-28)40(57)52-16-14-51(15-17-52)35(55)8-7-13-46-21-27-24-53(25-27)41(58)60-42(2,3)4/h9-12,20,22-23,27,46H,7-8,13-19,21,24-25H2,1-6H3,(H,49,56). The molecule has 0 spiro atoms. The molecule has 2 saturated heterocycles. The quantitative estimate of drug-likeness (QED) is 0.154. The average Bonchev–Trinajstić information content (AvgIpc) is 3.75. The summed E-state index contributed by atoms with van der Waals surface area (Å²) in [4.78, 5) is 61.0. The molecule has 60 heavy (non-hydrogen) atoms. The first kappa shape index (κ1) is 44.2. The van der Waals surface area contributed by atoms with Gasteiger partial charge in [0, 0.05) is 100 Å². The predicted octanol–water partition coefficient (Wildman–Crippen LogP) is 5.61. The van der Waals surface area contributed by atoms with Crippen LogP contribution in [0.15, 0.2) is 42.7 Å². The molecule has 0 radical (unpaired) electrons. The molecule has 2 aromatic heterocycles. The van der Waals surface area contributed by atoms with Gasteiger partial charge in [-0.05, 0) is 64.9 Å². The molecule has 6 rings (SSSR count). The molecule has 0 aliphatic carbocycles. The van der Waals surface area contributed by atoms with Crippen LogP contribution in [-0.4, -0.2) is 130 Å². The van der Waals surface area contributed by atoms with Gasteiger partial charge < -0.3 is 39.4 Å². The summed E-state index contributed by atoms with van der Waals surface area (Å²) in [7, 11) is 3.09. The van der Waals surface area contributed by atoms with Gasteiger partial charge in [-0.15, -0.1) is 0 Å². The highest BCUT2D eigenvalue weighted by atomic mass is 35.5. The lowest BCUT2D eigenvalue weighted by Gasteiger charge is -2.39. The van der Waals surface area contributed by atoms with Gasteiger partial charge in [0.25, 0.3) is 11.8 Å². The number of rotatable bonds is 14. The SMILES string of the molecule is COCCn1ncc(-c2ccc(-c3cnc(C(=O)Nc4ccc(C(=O)N5CCN(C(=O)CCCNCC6CN(C(=O)OC(C)(C)C)C6)CC5)c(Cl)c4)n3C)c(F)c2F)c1C. The molecule has 2 aliphatic heterocycles. The van der Waals surface area contributed by atoms with Gasteiger partial charge in [0.1, 0.15) is 5.60 Å². The Morgan fingerprint density at radius 1 is 0.933 bits per heavy atom. The molecule has 0 saturated carbocycles. The van der Waals surface area contributed by atoms with Gasteiger partial charge >= 0.3 is 6.09 Å². The number of benzene rings is 2. The zero-order valence-corrected chi connectivity index (χ0v) is 35.6. The highest BCUT2D eigenvalue weighted by Gasteiger charge is 2.33. The minimum absolute atomic E-state index is 0.0327. The van der Waals surface area contributed by atoms with Crippen LogP contribution in [0.2, 0.25) is 5.02 Å². The number of anilines is 1. The van der Waals surface area contributed by atoms with Crippen LogP contribution in [0.25, 0.3) is 22.4 Å². The number of hydrogen-bond donors (Lipinski definition) is 2. The smallest absolute Gasteiger partial charge is 0.410 e. The molecule has 15 nitrogen and oxygen atoms in total. The zero-order valence-electron chi connectivity index (χ0n) is 34.8. The number of ether oxygens (including phenoxy) is 2. The normalized spacial score (nSPS) is 14.7. The highest BCUT2D eigenvalue weighted by Crippen LogP contribution is 2.33. The van der Waals surface area contributed by atoms with E-state index in [2.05, 4.69) is 20.7 Å². The van der Waals surface area contributed by atoms with E-state index in [1.165, 1.54) is 48.3 Å². The number of hydrogen-bond acceptors (Lipinski definition) is 9. The number of carbonyl (C=O) groups excluding carboxylic acids is 4. The molecule has 2 aliphatic rings. The van der Waals surface area contributed by atoms with Crippen molar-refractivity contribution >= 4 is 41.1 Å². The Morgan fingerprint density at radius 3 is 2.30 bits per heavy atom. The lowest BCUT2D eigenvalue weighted by atomic mass is 10.0. The molecular weight excluding hydrogens is 800 g/mol. The number of piperazine rings is 1. The monoisotopic (exact) mass is 851 g/mol. The zero-order chi connectivity index (χ0) is 43.3. The van der Waals surface area contributed by atoms with Gasteiger partial charge in [0.15, 0.2) is 17.5 Å². The number of likely N-dealkylation sites (tertiary alicyclic amines) is 1. The fraction of sp³-hybridized carbons (Fsp3) is 0.476. The summed E-state index contributed by atoms with van der Waals surface area (Å²) < 4.78 is 44.6. The van der Waals surface area contributed by atoms with Gasteiger partial charge in [-0.25, -0.2) is 18.6 Å². The molecule has 18 heteroatoms. The second-order valence-corrected chi connectivity index (χ2v) is 16.5. The van der Waals surface area contributed by atoms with Crippen LogP contribution in [0.4, 0.5) is 19.3 Å². The van der Waals surface area contributed by atoms with E-state index in [1.807, 2.05) is 20.8 Å². The van der Waals surface area contributed by atoms with Crippen LogP contribution in [0.3, 0.4) is 0 Å². The highest BCUT2D eigenvalue weighted by molar-refractivity contribution is 6.34. The van der Waals surface area contributed by atoms with Crippen molar-refractivity contribution in [2.24, 2.45) is 13.0 Å². The van der Waals surface area contributed by atoms with E-state index in [0.29, 0.717) is 94.7 Å².